The minimum Gasteiger partial charge on any atom is -0.456 e. The molecule has 0 spiro atoms. The van der Waals surface area contributed by atoms with E-state index in [2.05, 4.69) is 4.74 Å². The monoisotopic (exact) mass is 224 g/mol. The van der Waals surface area contributed by atoms with Gasteiger partial charge in [-0.2, -0.15) is 13.2 Å². The summed E-state index contributed by atoms with van der Waals surface area (Å²) >= 11 is 0. The van der Waals surface area contributed by atoms with Gasteiger partial charge in [0.1, 0.15) is 6.10 Å². The van der Waals surface area contributed by atoms with Gasteiger partial charge in [0.25, 0.3) is 0 Å². The number of rotatable bonds is 2. The van der Waals surface area contributed by atoms with E-state index in [1.54, 1.807) is 0 Å². The largest absolute Gasteiger partial charge is 0.461 e. The number of halogens is 3. The number of carbonyl (C=O) groups is 2. The van der Waals surface area contributed by atoms with E-state index in [1.165, 1.54) is 0 Å². The highest BCUT2D eigenvalue weighted by molar-refractivity contribution is 6.35. The summed E-state index contributed by atoms with van der Waals surface area (Å²) < 4.78 is 39.9. The molecule has 86 valence electrons. The number of hydrogen-bond donors (Lipinski definition) is 0. The molecule has 0 aromatic rings. The Balaban J connectivity index is 2.44. The van der Waals surface area contributed by atoms with Crippen LogP contribution in [0.4, 0.5) is 13.2 Å². The molecule has 0 unspecified atom stereocenters. The molecule has 1 saturated carbocycles. The molecule has 0 heterocycles. The van der Waals surface area contributed by atoms with E-state index in [1.807, 2.05) is 0 Å². The fourth-order valence-corrected chi connectivity index (χ4v) is 1.50. The molecule has 0 aromatic carbocycles. The summed E-state index contributed by atoms with van der Waals surface area (Å²) in [6, 6.07) is 0. The van der Waals surface area contributed by atoms with Crippen molar-refractivity contribution in [3.63, 3.8) is 0 Å². The summed E-state index contributed by atoms with van der Waals surface area (Å²) in [6.45, 7) is 0. The first-order chi connectivity index (χ1) is 6.91. The molecule has 0 atom stereocenters. The molecule has 15 heavy (non-hydrogen) atoms. The quantitative estimate of drug-likeness (QED) is 0.532. The van der Waals surface area contributed by atoms with E-state index in [4.69, 9.17) is 0 Å². The summed E-state index contributed by atoms with van der Waals surface area (Å²) in [6.07, 6.45) is -1.96. The zero-order valence-electron chi connectivity index (χ0n) is 7.97. The molecule has 0 bridgehead atoms. The van der Waals surface area contributed by atoms with Crippen molar-refractivity contribution in [2.45, 2.75) is 44.4 Å². The molecule has 0 radical (unpaired) electrons. The molecular formula is C9H11F3O3. The van der Waals surface area contributed by atoms with Crippen LogP contribution in [-0.4, -0.2) is 24.0 Å². The van der Waals surface area contributed by atoms with Crippen molar-refractivity contribution in [3.8, 4) is 0 Å². The molecule has 0 aliphatic heterocycles. The van der Waals surface area contributed by atoms with Crippen molar-refractivity contribution in [1.29, 1.82) is 0 Å². The normalized spacial score (nSPS) is 18.6. The Morgan fingerprint density at radius 2 is 1.60 bits per heavy atom. The average molecular weight is 224 g/mol. The number of ether oxygens (including phenoxy) is 1. The van der Waals surface area contributed by atoms with Gasteiger partial charge in [0.05, 0.1) is 0 Å². The van der Waals surface area contributed by atoms with E-state index in [-0.39, 0.29) is 0 Å². The first kappa shape index (κ1) is 12.0. The topological polar surface area (TPSA) is 43.4 Å². The second kappa shape index (κ2) is 4.63. The number of hydrogen-bond acceptors (Lipinski definition) is 3. The number of ketones is 1. The second-order valence-corrected chi connectivity index (χ2v) is 3.49. The van der Waals surface area contributed by atoms with Crippen LogP contribution in [0.15, 0.2) is 0 Å². The summed E-state index contributed by atoms with van der Waals surface area (Å²) in [5.41, 5.74) is 0. The van der Waals surface area contributed by atoms with E-state index in [9.17, 15) is 22.8 Å². The van der Waals surface area contributed by atoms with E-state index in [0.29, 0.717) is 12.8 Å². The smallest absolute Gasteiger partial charge is 0.456 e. The van der Waals surface area contributed by atoms with Crippen LogP contribution < -0.4 is 0 Å². The number of esters is 1. The summed E-state index contributed by atoms with van der Waals surface area (Å²) in [5.74, 6) is -4.21. The maximum absolute atomic E-state index is 11.8. The van der Waals surface area contributed by atoms with Crippen LogP contribution in [0.2, 0.25) is 0 Å². The van der Waals surface area contributed by atoms with Gasteiger partial charge in [0.15, 0.2) is 0 Å². The number of alkyl halides is 3. The molecule has 1 aliphatic carbocycles. The van der Waals surface area contributed by atoms with Crippen molar-refractivity contribution < 1.29 is 27.5 Å². The second-order valence-electron chi connectivity index (χ2n) is 3.49. The van der Waals surface area contributed by atoms with Crippen molar-refractivity contribution in [3.05, 3.63) is 0 Å². The zero-order valence-corrected chi connectivity index (χ0v) is 7.97. The predicted molar refractivity (Wildman–Crippen MR) is 44.0 cm³/mol. The van der Waals surface area contributed by atoms with Gasteiger partial charge in [-0.05, 0) is 25.7 Å². The van der Waals surface area contributed by atoms with Gasteiger partial charge in [-0.3, -0.25) is 4.79 Å². The van der Waals surface area contributed by atoms with E-state index >= 15 is 0 Å². The van der Waals surface area contributed by atoms with Crippen LogP contribution in [0.1, 0.15) is 32.1 Å². The Bertz CT molecular complexity index is 254. The molecule has 3 nitrogen and oxygen atoms in total. The molecule has 0 amide bonds. The lowest BCUT2D eigenvalue weighted by Gasteiger charge is -2.21. The highest BCUT2D eigenvalue weighted by Gasteiger charge is 2.45. The van der Waals surface area contributed by atoms with Crippen molar-refractivity contribution >= 4 is 11.8 Å². The SMILES string of the molecule is O=C(OC1CCCCC1)C(=O)C(F)(F)F. The van der Waals surface area contributed by atoms with Gasteiger partial charge in [0.2, 0.25) is 0 Å². The fourth-order valence-electron chi connectivity index (χ4n) is 1.50. The molecule has 0 N–H and O–H groups in total. The van der Waals surface area contributed by atoms with Gasteiger partial charge in [-0.15, -0.1) is 0 Å². The van der Waals surface area contributed by atoms with Crippen LogP contribution in [0, 0.1) is 0 Å². The van der Waals surface area contributed by atoms with Gasteiger partial charge >= 0.3 is 17.9 Å². The van der Waals surface area contributed by atoms with Crippen molar-refractivity contribution in [2.75, 3.05) is 0 Å². The minimum atomic E-state index is -5.13. The molecule has 1 rings (SSSR count). The van der Waals surface area contributed by atoms with Crippen LogP contribution in [0.5, 0.6) is 0 Å². The Morgan fingerprint density at radius 3 is 2.07 bits per heavy atom. The molecule has 6 heteroatoms. The molecule has 1 aliphatic rings. The summed E-state index contributed by atoms with van der Waals surface area (Å²) in [4.78, 5) is 21.2. The highest BCUT2D eigenvalue weighted by atomic mass is 19.4. The molecule has 0 saturated heterocycles. The fraction of sp³-hybridized carbons (Fsp3) is 0.778. The van der Waals surface area contributed by atoms with Gasteiger partial charge < -0.3 is 4.74 Å². The Morgan fingerprint density at radius 1 is 1.07 bits per heavy atom. The van der Waals surface area contributed by atoms with Crippen LogP contribution in [0.25, 0.3) is 0 Å². The van der Waals surface area contributed by atoms with Crippen LogP contribution in [-0.2, 0) is 14.3 Å². The molecule has 0 aromatic heterocycles. The van der Waals surface area contributed by atoms with E-state index < -0.39 is 24.0 Å². The Labute approximate surface area is 84.6 Å². The lowest BCUT2D eigenvalue weighted by molar-refractivity contribution is -0.186. The molecule has 1 fully saturated rings. The number of Topliss-reactive ketones (excluding diaryl/α,β-unsaturated/α-hetero) is 1. The third-order valence-electron chi connectivity index (χ3n) is 2.27. The first-order valence-corrected chi connectivity index (χ1v) is 4.73. The highest BCUT2D eigenvalue weighted by Crippen LogP contribution is 2.22. The van der Waals surface area contributed by atoms with Gasteiger partial charge in [0, 0.05) is 0 Å². The minimum absolute atomic E-state index is 0.530. The van der Waals surface area contributed by atoms with Crippen LogP contribution >= 0.6 is 0 Å². The third kappa shape index (κ3) is 3.53. The van der Waals surface area contributed by atoms with Gasteiger partial charge in [-0.25, -0.2) is 4.79 Å². The van der Waals surface area contributed by atoms with Gasteiger partial charge in [-0.1, -0.05) is 6.42 Å². The average Bonchev–Trinajstić information content (AvgIpc) is 2.16. The van der Waals surface area contributed by atoms with Crippen molar-refractivity contribution in [2.24, 2.45) is 0 Å². The van der Waals surface area contributed by atoms with Crippen molar-refractivity contribution in [1.82, 2.24) is 0 Å². The zero-order chi connectivity index (χ0) is 11.5. The Kier molecular flexibility index (Phi) is 3.71. The third-order valence-corrected chi connectivity index (χ3v) is 2.27. The van der Waals surface area contributed by atoms with E-state index in [0.717, 1.165) is 19.3 Å². The first-order valence-electron chi connectivity index (χ1n) is 4.73. The summed E-state index contributed by atoms with van der Waals surface area (Å²) in [7, 11) is 0. The maximum atomic E-state index is 11.8. The maximum Gasteiger partial charge on any atom is 0.461 e. The number of carbonyl (C=O) groups excluding carboxylic acids is 2. The lowest BCUT2D eigenvalue weighted by Crippen LogP contribution is -2.35. The predicted octanol–water partition coefficient (Wildman–Crippen LogP) is 1.99. The van der Waals surface area contributed by atoms with Crippen LogP contribution in [0.3, 0.4) is 0 Å². The lowest BCUT2D eigenvalue weighted by atomic mass is 9.98. The summed E-state index contributed by atoms with van der Waals surface area (Å²) in [5, 5.41) is 0. The standard InChI is InChI=1S/C9H11F3O3/c10-9(11,12)7(13)8(14)15-6-4-2-1-3-5-6/h6H,1-5H2. The Hall–Kier alpha value is -1.07. The molecular weight excluding hydrogens is 213 g/mol.